The molecular formula is C20H21N3O2. The number of carbonyl (C=O) groups excluding carboxylic acids is 1. The Kier molecular flexibility index (Phi) is 5.32. The molecule has 1 saturated carbocycles. The molecule has 1 aliphatic carbocycles. The molecule has 0 spiro atoms. The summed E-state index contributed by atoms with van der Waals surface area (Å²) in [4.78, 5) is 12.4. The number of nitrogens with one attached hydrogen (secondary N) is 2. The number of hydrogen-bond donors (Lipinski definition) is 3. The minimum absolute atomic E-state index is 0.0927. The quantitative estimate of drug-likeness (QED) is 0.800. The maximum absolute atomic E-state index is 12.4. The second-order valence-electron chi connectivity index (χ2n) is 6.37. The topological polar surface area (TPSA) is 85.2 Å². The van der Waals surface area contributed by atoms with Gasteiger partial charge in [-0.2, -0.15) is 5.26 Å². The highest BCUT2D eigenvalue weighted by molar-refractivity contribution is 5.95. The summed E-state index contributed by atoms with van der Waals surface area (Å²) in [5.74, 6) is -0.0927. The van der Waals surface area contributed by atoms with Crippen LogP contribution in [0.2, 0.25) is 0 Å². The molecule has 0 radical (unpaired) electrons. The molecule has 0 atom stereocenters. The van der Waals surface area contributed by atoms with Crippen molar-refractivity contribution in [2.45, 2.75) is 37.8 Å². The molecule has 0 bridgehead atoms. The molecule has 25 heavy (non-hydrogen) atoms. The Balaban J connectivity index is 1.64. The molecule has 3 N–H and O–H groups in total. The van der Waals surface area contributed by atoms with Crippen molar-refractivity contribution in [2.75, 3.05) is 5.32 Å². The third-order valence-corrected chi connectivity index (χ3v) is 4.46. The molecule has 3 rings (SSSR count). The maximum Gasteiger partial charge on any atom is 0.251 e. The van der Waals surface area contributed by atoms with Crippen LogP contribution in [0.25, 0.3) is 0 Å². The number of benzene rings is 2. The summed E-state index contributed by atoms with van der Waals surface area (Å²) in [7, 11) is 0. The van der Waals surface area contributed by atoms with E-state index in [4.69, 9.17) is 5.26 Å². The largest absolute Gasteiger partial charge is 0.393 e. The van der Waals surface area contributed by atoms with Crippen LogP contribution < -0.4 is 10.6 Å². The van der Waals surface area contributed by atoms with E-state index in [1.807, 2.05) is 30.3 Å². The van der Waals surface area contributed by atoms with Crippen LogP contribution in [0.3, 0.4) is 0 Å². The lowest BCUT2D eigenvalue weighted by Gasteiger charge is -2.26. The SMILES string of the molecule is N#Cc1ccc(Nc2cccc(C(=O)NC3CCC(O)CC3)c2)cc1. The van der Waals surface area contributed by atoms with Gasteiger partial charge in [0.15, 0.2) is 0 Å². The zero-order valence-corrected chi connectivity index (χ0v) is 13.9. The molecule has 1 aliphatic rings. The Morgan fingerprint density at radius 1 is 1.04 bits per heavy atom. The van der Waals surface area contributed by atoms with E-state index in [0.29, 0.717) is 11.1 Å². The van der Waals surface area contributed by atoms with Crippen molar-refractivity contribution < 1.29 is 9.90 Å². The van der Waals surface area contributed by atoms with E-state index in [1.165, 1.54) is 0 Å². The van der Waals surface area contributed by atoms with Gasteiger partial charge in [0.1, 0.15) is 0 Å². The number of nitrogens with zero attached hydrogens (tertiary/aromatic N) is 1. The molecule has 2 aromatic carbocycles. The Labute approximate surface area is 147 Å². The van der Waals surface area contributed by atoms with E-state index < -0.39 is 0 Å². The standard InChI is InChI=1S/C20H21N3O2/c21-13-14-4-6-16(7-5-14)22-18-3-1-2-15(12-18)20(25)23-17-8-10-19(24)11-9-17/h1-7,12,17,19,22,24H,8-11H2,(H,23,25). The number of anilines is 2. The molecule has 2 aromatic rings. The van der Waals surface area contributed by atoms with Gasteiger partial charge < -0.3 is 15.7 Å². The average molecular weight is 335 g/mol. The first-order chi connectivity index (χ1) is 12.1. The molecule has 0 saturated heterocycles. The van der Waals surface area contributed by atoms with Crippen molar-refractivity contribution in [1.82, 2.24) is 5.32 Å². The summed E-state index contributed by atoms with van der Waals surface area (Å²) >= 11 is 0. The summed E-state index contributed by atoms with van der Waals surface area (Å²) in [6, 6.07) is 16.7. The Morgan fingerprint density at radius 2 is 1.76 bits per heavy atom. The number of hydrogen-bond acceptors (Lipinski definition) is 4. The van der Waals surface area contributed by atoms with Crippen LogP contribution in [-0.4, -0.2) is 23.2 Å². The highest BCUT2D eigenvalue weighted by atomic mass is 16.3. The molecule has 0 unspecified atom stereocenters. The molecule has 0 aliphatic heterocycles. The first-order valence-corrected chi connectivity index (χ1v) is 8.50. The van der Waals surface area contributed by atoms with Crippen molar-refractivity contribution in [3.05, 3.63) is 59.7 Å². The molecule has 1 amide bonds. The zero-order chi connectivity index (χ0) is 17.6. The molecule has 0 heterocycles. The third-order valence-electron chi connectivity index (χ3n) is 4.46. The number of aliphatic hydroxyl groups excluding tert-OH is 1. The van der Waals surface area contributed by atoms with Gasteiger partial charge in [-0.1, -0.05) is 6.07 Å². The first kappa shape index (κ1) is 17.0. The predicted molar refractivity (Wildman–Crippen MR) is 96.6 cm³/mol. The van der Waals surface area contributed by atoms with Gasteiger partial charge >= 0.3 is 0 Å². The van der Waals surface area contributed by atoms with Gasteiger partial charge in [0.2, 0.25) is 0 Å². The van der Waals surface area contributed by atoms with Gasteiger partial charge in [0.25, 0.3) is 5.91 Å². The van der Waals surface area contributed by atoms with Crippen LogP contribution >= 0.6 is 0 Å². The molecular weight excluding hydrogens is 314 g/mol. The van der Waals surface area contributed by atoms with Crippen LogP contribution in [0.15, 0.2) is 48.5 Å². The summed E-state index contributed by atoms with van der Waals surface area (Å²) in [5, 5.41) is 24.7. The second-order valence-corrected chi connectivity index (χ2v) is 6.37. The van der Waals surface area contributed by atoms with Crippen molar-refractivity contribution in [3.63, 3.8) is 0 Å². The van der Waals surface area contributed by atoms with E-state index in [1.54, 1.807) is 18.2 Å². The Hall–Kier alpha value is -2.84. The fourth-order valence-electron chi connectivity index (χ4n) is 3.02. The lowest BCUT2D eigenvalue weighted by Crippen LogP contribution is -2.38. The average Bonchev–Trinajstić information content (AvgIpc) is 2.64. The highest BCUT2D eigenvalue weighted by Gasteiger charge is 2.21. The Morgan fingerprint density at radius 3 is 2.44 bits per heavy atom. The maximum atomic E-state index is 12.4. The number of aliphatic hydroxyl groups is 1. The minimum atomic E-state index is -0.229. The summed E-state index contributed by atoms with van der Waals surface area (Å²) < 4.78 is 0. The molecule has 5 heteroatoms. The Bertz CT molecular complexity index is 772. The second kappa shape index (κ2) is 7.82. The lowest BCUT2D eigenvalue weighted by molar-refractivity contribution is 0.0867. The van der Waals surface area contributed by atoms with Crippen LogP contribution in [0.1, 0.15) is 41.6 Å². The van der Waals surface area contributed by atoms with Gasteiger partial charge in [-0.15, -0.1) is 0 Å². The highest BCUT2D eigenvalue weighted by Crippen LogP contribution is 2.21. The molecule has 128 valence electrons. The number of amides is 1. The molecule has 0 aromatic heterocycles. The van der Waals surface area contributed by atoms with Gasteiger partial charge in [0.05, 0.1) is 17.7 Å². The van der Waals surface area contributed by atoms with Gasteiger partial charge in [-0.3, -0.25) is 4.79 Å². The monoisotopic (exact) mass is 335 g/mol. The zero-order valence-electron chi connectivity index (χ0n) is 13.9. The van der Waals surface area contributed by atoms with Crippen molar-refractivity contribution in [1.29, 1.82) is 5.26 Å². The van der Waals surface area contributed by atoms with Crippen LogP contribution in [0, 0.1) is 11.3 Å². The molecule has 1 fully saturated rings. The van der Waals surface area contributed by atoms with Crippen molar-refractivity contribution >= 4 is 17.3 Å². The van der Waals surface area contributed by atoms with E-state index in [9.17, 15) is 9.90 Å². The van der Waals surface area contributed by atoms with E-state index in [0.717, 1.165) is 37.1 Å². The fourth-order valence-corrected chi connectivity index (χ4v) is 3.02. The minimum Gasteiger partial charge on any atom is -0.393 e. The van der Waals surface area contributed by atoms with E-state index in [2.05, 4.69) is 16.7 Å². The van der Waals surface area contributed by atoms with Gasteiger partial charge in [-0.25, -0.2) is 0 Å². The van der Waals surface area contributed by atoms with Gasteiger partial charge in [-0.05, 0) is 68.1 Å². The smallest absolute Gasteiger partial charge is 0.251 e. The van der Waals surface area contributed by atoms with Crippen molar-refractivity contribution in [2.24, 2.45) is 0 Å². The van der Waals surface area contributed by atoms with E-state index in [-0.39, 0.29) is 18.1 Å². The van der Waals surface area contributed by atoms with Gasteiger partial charge in [0, 0.05) is 23.0 Å². The molecule has 5 nitrogen and oxygen atoms in total. The van der Waals surface area contributed by atoms with Crippen molar-refractivity contribution in [3.8, 4) is 6.07 Å². The lowest BCUT2D eigenvalue weighted by atomic mass is 9.93. The summed E-state index contributed by atoms with van der Waals surface area (Å²) in [5.41, 5.74) is 2.88. The van der Waals surface area contributed by atoms with E-state index >= 15 is 0 Å². The van der Waals surface area contributed by atoms with Crippen LogP contribution in [0.4, 0.5) is 11.4 Å². The predicted octanol–water partition coefficient (Wildman–Crippen LogP) is 3.34. The normalized spacial score (nSPS) is 19.7. The number of carbonyl (C=O) groups is 1. The third kappa shape index (κ3) is 4.59. The van der Waals surface area contributed by atoms with Crippen LogP contribution in [-0.2, 0) is 0 Å². The number of rotatable bonds is 4. The summed E-state index contributed by atoms with van der Waals surface area (Å²) in [6.45, 7) is 0. The van der Waals surface area contributed by atoms with Crippen LogP contribution in [0.5, 0.6) is 0 Å². The first-order valence-electron chi connectivity index (χ1n) is 8.50. The number of nitriles is 1. The fraction of sp³-hybridized carbons (Fsp3) is 0.300. The summed E-state index contributed by atoms with van der Waals surface area (Å²) in [6.07, 6.45) is 2.89.